The highest BCUT2D eigenvalue weighted by Crippen LogP contribution is 2.40. The number of hydrogen-bond acceptors (Lipinski definition) is 5. The number of nitrogens with zero attached hydrogens (tertiary/aromatic N) is 1. The van der Waals surface area contributed by atoms with Gasteiger partial charge in [0, 0.05) is 6.04 Å². The standard InChI is InChI=1S/C23H40N4O2/c1-4-9-19-20(17(3)14-15-25-19)21(22(28)23(29)26-27-24)16(2)10-8-13-18-11-6-5-7-12-18/h5-7,11-12,16-17,19-23,25,28-29H,4,8-10,13-15H2,1-3H3,(H2,24,26)/t16?,17?,19-,20?,21?,22?,23?/m0/s1. The lowest BCUT2D eigenvalue weighted by atomic mass is 9.65. The first kappa shape index (κ1) is 23.8. The highest BCUT2D eigenvalue weighted by atomic mass is 16.3. The third-order valence-corrected chi connectivity index (χ3v) is 6.71. The largest absolute Gasteiger partial charge is 0.388 e. The van der Waals surface area contributed by atoms with Gasteiger partial charge in [-0.3, -0.25) is 5.43 Å². The molecule has 0 aliphatic carbocycles. The van der Waals surface area contributed by atoms with Crippen LogP contribution in [0.3, 0.4) is 0 Å². The molecule has 0 aromatic heterocycles. The zero-order chi connectivity index (χ0) is 21.2. The second-order valence-electron chi connectivity index (χ2n) is 8.80. The predicted octanol–water partition coefficient (Wildman–Crippen LogP) is 3.89. The van der Waals surface area contributed by atoms with Gasteiger partial charge >= 0.3 is 0 Å². The Morgan fingerprint density at radius 3 is 2.66 bits per heavy atom. The van der Waals surface area contributed by atoms with Crippen LogP contribution in [0.4, 0.5) is 0 Å². The van der Waals surface area contributed by atoms with Crippen LogP contribution in [0.5, 0.6) is 0 Å². The molecule has 1 aliphatic rings. The van der Waals surface area contributed by atoms with Gasteiger partial charge in [0.2, 0.25) is 0 Å². The minimum absolute atomic E-state index is 0.0608. The number of hydrogen-bond donors (Lipinski definition) is 5. The van der Waals surface area contributed by atoms with Crippen molar-refractivity contribution in [1.82, 2.24) is 10.7 Å². The fraction of sp³-hybridized carbons (Fsp3) is 0.739. The number of nitrogens with one attached hydrogen (secondary N) is 3. The van der Waals surface area contributed by atoms with E-state index in [-0.39, 0.29) is 17.8 Å². The van der Waals surface area contributed by atoms with Gasteiger partial charge in [-0.05, 0) is 61.5 Å². The lowest BCUT2D eigenvalue weighted by Gasteiger charge is -2.46. The quantitative estimate of drug-likeness (QED) is 0.207. The van der Waals surface area contributed by atoms with Crippen molar-refractivity contribution in [2.75, 3.05) is 6.54 Å². The van der Waals surface area contributed by atoms with Crippen molar-refractivity contribution in [3.05, 3.63) is 35.9 Å². The molecular weight excluding hydrogens is 364 g/mol. The van der Waals surface area contributed by atoms with Crippen molar-refractivity contribution in [3.63, 3.8) is 0 Å². The third-order valence-electron chi connectivity index (χ3n) is 6.71. The highest BCUT2D eigenvalue weighted by Gasteiger charge is 2.43. The van der Waals surface area contributed by atoms with Crippen LogP contribution in [0.15, 0.2) is 35.6 Å². The SMILES string of the molecule is CCC[C@@H]1NCCC(C)C1C(C(C)CCCc1ccccc1)C(O)C(O)NN=N. The van der Waals surface area contributed by atoms with E-state index in [0.717, 1.165) is 45.1 Å². The Bertz CT molecular complexity index is 584. The van der Waals surface area contributed by atoms with Gasteiger partial charge < -0.3 is 15.5 Å². The fourth-order valence-electron chi connectivity index (χ4n) is 5.24. The van der Waals surface area contributed by atoms with E-state index in [9.17, 15) is 10.2 Å². The molecule has 6 heteroatoms. The Hall–Kier alpha value is -1.50. The van der Waals surface area contributed by atoms with Gasteiger partial charge in [0.1, 0.15) is 6.10 Å². The molecule has 1 aromatic carbocycles. The molecule has 1 heterocycles. The summed E-state index contributed by atoms with van der Waals surface area (Å²) < 4.78 is 0. The molecule has 6 nitrogen and oxygen atoms in total. The van der Waals surface area contributed by atoms with Crippen LogP contribution in [-0.4, -0.2) is 35.1 Å². The number of rotatable bonds is 12. The first-order chi connectivity index (χ1) is 14.0. The molecule has 7 atom stereocenters. The molecule has 1 saturated heterocycles. The van der Waals surface area contributed by atoms with E-state index in [1.54, 1.807) is 0 Å². The molecule has 164 valence electrons. The van der Waals surface area contributed by atoms with Crippen molar-refractivity contribution < 1.29 is 10.2 Å². The van der Waals surface area contributed by atoms with Crippen molar-refractivity contribution in [2.45, 2.75) is 77.7 Å². The summed E-state index contributed by atoms with van der Waals surface area (Å²) >= 11 is 0. The number of piperidine rings is 1. The van der Waals surface area contributed by atoms with Gasteiger partial charge in [0.25, 0.3) is 0 Å². The maximum atomic E-state index is 11.1. The van der Waals surface area contributed by atoms with E-state index in [4.69, 9.17) is 5.53 Å². The average Bonchev–Trinajstić information content (AvgIpc) is 2.71. The molecule has 0 radical (unpaired) electrons. The molecule has 0 spiro atoms. The normalized spacial score (nSPS) is 26.3. The Morgan fingerprint density at radius 2 is 2.00 bits per heavy atom. The monoisotopic (exact) mass is 404 g/mol. The van der Waals surface area contributed by atoms with E-state index in [2.05, 4.69) is 61.0 Å². The van der Waals surface area contributed by atoms with E-state index in [1.165, 1.54) is 5.56 Å². The van der Waals surface area contributed by atoms with Crippen molar-refractivity contribution in [1.29, 1.82) is 5.53 Å². The minimum atomic E-state index is -1.22. The Kier molecular flexibility index (Phi) is 10.0. The average molecular weight is 405 g/mol. The summed E-state index contributed by atoms with van der Waals surface area (Å²) in [4.78, 5) is 0. The van der Waals surface area contributed by atoms with Crippen LogP contribution in [0.1, 0.15) is 58.4 Å². The summed E-state index contributed by atoms with van der Waals surface area (Å²) in [6.07, 6.45) is 4.13. The lowest BCUT2D eigenvalue weighted by Crippen LogP contribution is -2.55. The number of aryl methyl sites for hydroxylation is 1. The van der Waals surface area contributed by atoms with Gasteiger partial charge in [-0.15, -0.1) is 0 Å². The molecule has 2 rings (SSSR count). The Morgan fingerprint density at radius 1 is 1.28 bits per heavy atom. The summed E-state index contributed by atoms with van der Waals surface area (Å²) in [5.41, 5.74) is 10.7. The molecule has 29 heavy (non-hydrogen) atoms. The maximum Gasteiger partial charge on any atom is 0.167 e. The lowest BCUT2D eigenvalue weighted by molar-refractivity contribution is -0.0860. The van der Waals surface area contributed by atoms with Crippen molar-refractivity contribution in [3.8, 4) is 0 Å². The molecule has 1 aliphatic heterocycles. The van der Waals surface area contributed by atoms with Crippen LogP contribution >= 0.6 is 0 Å². The van der Waals surface area contributed by atoms with E-state index in [1.807, 2.05) is 6.07 Å². The summed E-state index contributed by atoms with van der Waals surface area (Å²) in [6.45, 7) is 7.69. The smallest absolute Gasteiger partial charge is 0.167 e. The second kappa shape index (κ2) is 12.3. The Labute approximate surface area is 176 Å². The summed E-state index contributed by atoms with van der Waals surface area (Å²) in [5, 5.41) is 28.2. The van der Waals surface area contributed by atoms with E-state index < -0.39 is 12.3 Å². The van der Waals surface area contributed by atoms with Crippen molar-refractivity contribution in [2.24, 2.45) is 28.9 Å². The van der Waals surface area contributed by atoms with Gasteiger partial charge in [-0.1, -0.05) is 69.2 Å². The summed E-state index contributed by atoms with van der Waals surface area (Å²) in [6, 6.07) is 10.8. The topological polar surface area (TPSA) is 101 Å². The highest BCUT2D eigenvalue weighted by molar-refractivity contribution is 5.14. The van der Waals surface area contributed by atoms with Crippen LogP contribution in [-0.2, 0) is 6.42 Å². The summed E-state index contributed by atoms with van der Waals surface area (Å²) in [7, 11) is 0. The van der Waals surface area contributed by atoms with E-state index in [0.29, 0.717) is 12.0 Å². The molecule has 0 saturated carbocycles. The van der Waals surface area contributed by atoms with Crippen LogP contribution in [0.25, 0.3) is 0 Å². The third kappa shape index (κ3) is 6.76. The predicted molar refractivity (Wildman–Crippen MR) is 116 cm³/mol. The molecule has 6 unspecified atom stereocenters. The number of aliphatic hydroxyl groups excluding tert-OH is 2. The van der Waals surface area contributed by atoms with Gasteiger partial charge in [0.15, 0.2) is 6.23 Å². The molecule has 0 bridgehead atoms. The molecule has 1 aromatic rings. The number of benzene rings is 1. The number of aliphatic hydroxyl groups is 2. The fourth-order valence-corrected chi connectivity index (χ4v) is 5.24. The molecule has 0 amide bonds. The maximum absolute atomic E-state index is 11.1. The van der Waals surface area contributed by atoms with Crippen LogP contribution in [0.2, 0.25) is 0 Å². The van der Waals surface area contributed by atoms with Gasteiger partial charge in [-0.2, -0.15) is 5.53 Å². The molecular formula is C23H40N4O2. The first-order valence-electron chi connectivity index (χ1n) is 11.2. The molecule has 1 fully saturated rings. The summed E-state index contributed by atoms with van der Waals surface area (Å²) in [5.74, 6) is 0.953. The zero-order valence-corrected chi connectivity index (χ0v) is 18.2. The zero-order valence-electron chi connectivity index (χ0n) is 18.2. The minimum Gasteiger partial charge on any atom is -0.388 e. The van der Waals surface area contributed by atoms with E-state index >= 15 is 0 Å². The Balaban J connectivity index is 2.14. The first-order valence-corrected chi connectivity index (χ1v) is 11.2. The second-order valence-corrected chi connectivity index (χ2v) is 8.80. The van der Waals surface area contributed by atoms with Crippen molar-refractivity contribution >= 4 is 0 Å². The molecule has 5 N–H and O–H groups in total. The van der Waals surface area contributed by atoms with Crippen LogP contribution in [0, 0.1) is 29.2 Å². The van der Waals surface area contributed by atoms with Crippen LogP contribution < -0.4 is 10.7 Å². The van der Waals surface area contributed by atoms with Gasteiger partial charge in [0.05, 0.1) is 0 Å². The van der Waals surface area contributed by atoms with Gasteiger partial charge in [-0.25, -0.2) is 0 Å².